The maximum absolute atomic E-state index is 11.1. The van der Waals surface area contributed by atoms with E-state index in [4.69, 9.17) is 9.47 Å². The summed E-state index contributed by atoms with van der Waals surface area (Å²) in [5.74, 6) is 1.25. The Morgan fingerprint density at radius 3 is 2.52 bits per heavy atom. The Balaban J connectivity index is 2.74. The van der Waals surface area contributed by atoms with Crippen molar-refractivity contribution in [2.45, 2.75) is 39.3 Å². The number of esters is 1. The molecule has 0 amide bonds. The van der Waals surface area contributed by atoms with Crippen molar-refractivity contribution in [2.75, 3.05) is 20.8 Å². The van der Waals surface area contributed by atoms with Gasteiger partial charge in [0.25, 0.3) is 0 Å². The fourth-order valence-electron chi connectivity index (χ4n) is 1.67. The Morgan fingerprint density at radius 2 is 1.95 bits per heavy atom. The van der Waals surface area contributed by atoms with Gasteiger partial charge in [-0.2, -0.15) is 0 Å². The summed E-state index contributed by atoms with van der Waals surface area (Å²) in [7, 11) is 3.00. The number of benzene rings is 1. The molecule has 0 aliphatic rings. The molecule has 1 N–H and O–H groups in total. The Bertz CT molecular complexity index is 466. The normalized spacial score (nSPS) is 11.1. The lowest BCUT2D eigenvalue weighted by Gasteiger charge is -2.22. The topological polar surface area (TPSA) is 56.8 Å². The van der Waals surface area contributed by atoms with Crippen LogP contribution in [0.1, 0.15) is 32.8 Å². The van der Waals surface area contributed by atoms with E-state index in [-0.39, 0.29) is 17.9 Å². The first-order valence-electron chi connectivity index (χ1n) is 6.97. The van der Waals surface area contributed by atoms with Gasteiger partial charge in [0.2, 0.25) is 0 Å². The van der Waals surface area contributed by atoms with E-state index < -0.39 is 0 Å². The van der Waals surface area contributed by atoms with Crippen molar-refractivity contribution in [3.05, 3.63) is 23.8 Å². The number of nitrogens with one attached hydrogen (secondary N) is 1. The highest BCUT2D eigenvalue weighted by Gasteiger charge is 2.12. The zero-order valence-electron chi connectivity index (χ0n) is 13.5. The molecule has 0 aliphatic carbocycles. The number of carbonyl (C=O) groups excluding carboxylic acids is 1. The first-order valence-corrected chi connectivity index (χ1v) is 6.97. The molecule has 5 nitrogen and oxygen atoms in total. The Hall–Kier alpha value is -1.75. The molecule has 0 aliphatic heterocycles. The molecule has 0 fully saturated rings. The number of carbonyl (C=O) groups is 1. The lowest BCUT2D eigenvalue weighted by Crippen LogP contribution is -2.35. The Labute approximate surface area is 126 Å². The van der Waals surface area contributed by atoms with Gasteiger partial charge in [-0.3, -0.25) is 4.79 Å². The van der Waals surface area contributed by atoms with E-state index in [0.29, 0.717) is 13.2 Å². The molecule has 0 saturated carbocycles. The molecular formula is C16H25NO4. The molecule has 21 heavy (non-hydrogen) atoms. The van der Waals surface area contributed by atoms with Crippen LogP contribution in [0.5, 0.6) is 11.5 Å². The van der Waals surface area contributed by atoms with Crippen LogP contribution >= 0.6 is 0 Å². The standard InChI is InChI=1S/C16H25NO4/c1-16(2,3)17-11-12-10-13(19-4)6-7-14(12)21-9-8-15(18)20-5/h6-7,10,17H,8-9,11H2,1-5H3. The van der Waals surface area contributed by atoms with Gasteiger partial charge >= 0.3 is 5.97 Å². The largest absolute Gasteiger partial charge is 0.497 e. The lowest BCUT2D eigenvalue weighted by atomic mass is 10.1. The minimum Gasteiger partial charge on any atom is -0.497 e. The van der Waals surface area contributed by atoms with Crippen molar-refractivity contribution in [3.63, 3.8) is 0 Å². The number of hydrogen-bond acceptors (Lipinski definition) is 5. The van der Waals surface area contributed by atoms with E-state index >= 15 is 0 Å². The smallest absolute Gasteiger partial charge is 0.308 e. The second kappa shape index (κ2) is 7.88. The summed E-state index contributed by atoms with van der Waals surface area (Å²) >= 11 is 0. The predicted molar refractivity (Wildman–Crippen MR) is 81.7 cm³/mol. The van der Waals surface area contributed by atoms with Crippen molar-refractivity contribution in [2.24, 2.45) is 0 Å². The molecule has 0 heterocycles. The third-order valence-corrected chi connectivity index (χ3v) is 2.87. The van der Waals surface area contributed by atoms with Crippen LogP contribution in [0.3, 0.4) is 0 Å². The van der Waals surface area contributed by atoms with Gasteiger partial charge in [-0.1, -0.05) is 0 Å². The van der Waals surface area contributed by atoms with Gasteiger partial charge in [0.05, 0.1) is 27.2 Å². The van der Waals surface area contributed by atoms with Crippen molar-refractivity contribution in [1.82, 2.24) is 5.32 Å². The summed E-state index contributed by atoms with van der Waals surface area (Å²) < 4.78 is 15.5. The number of rotatable bonds is 7. The van der Waals surface area contributed by atoms with Gasteiger partial charge in [0, 0.05) is 17.6 Å². The molecule has 118 valence electrons. The average Bonchev–Trinajstić information content (AvgIpc) is 2.44. The van der Waals surface area contributed by atoms with Gasteiger partial charge in [-0.05, 0) is 39.0 Å². The fourth-order valence-corrected chi connectivity index (χ4v) is 1.67. The zero-order chi connectivity index (χ0) is 15.9. The molecule has 1 rings (SSSR count). The maximum Gasteiger partial charge on any atom is 0.308 e. The van der Waals surface area contributed by atoms with Crippen molar-refractivity contribution >= 4 is 5.97 Å². The SMILES string of the molecule is COC(=O)CCOc1ccc(OC)cc1CNC(C)(C)C. The maximum atomic E-state index is 11.1. The van der Waals surface area contributed by atoms with Crippen molar-refractivity contribution in [1.29, 1.82) is 0 Å². The summed E-state index contributed by atoms with van der Waals surface area (Å²) in [6.45, 7) is 7.26. The highest BCUT2D eigenvalue weighted by atomic mass is 16.5. The minimum absolute atomic E-state index is 0.00631. The van der Waals surface area contributed by atoms with Gasteiger partial charge in [0.1, 0.15) is 11.5 Å². The first-order chi connectivity index (χ1) is 9.85. The van der Waals surface area contributed by atoms with Crippen molar-refractivity contribution < 1.29 is 19.0 Å². The predicted octanol–water partition coefficient (Wildman–Crippen LogP) is 2.53. The molecule has 1 aromatic rings. The highest BCUT2D eigenvalue weighted by molar-refractivity contribution is 5.69. The molecular weight excluding hydrogens is 270 g/mol. The lowest BCUT2D eigenvalue weighted by molar-refractivity contribution is -0.141. The van der Waals surface area contributed by atoms with Crippen LogP contribution in [-0.2, 0) is 16.1 Å². The third kappa shape index (κ3) is 6.49. The van der Waals surface area contributed by atoms with E-state index in [9.17, 15) is 4.79 Å². The molecule has 0 aromatic heterocycles. The van der Waals surface area contributed by atoms with Gasteiger partial charge < -0.3 is 19.5 Å². The molecule has 0 spiro atoms. The fraction of sp³-hybridized carbons (Fsp3) is 0.562. The Morgan fingerprint density at radius 1 is 1.24 bits per heavy atom. The summed E-state index contributed by atoms with van der Waals surface area (Å²) in [5.41, 5.74) is 1.00. The first kappa shape index (κ1) is 17.3. The minimum atomic E-state index is -0.280. The van der Waals surface area contributed by atoms with Crippen molar-refractivity contribution in [3.8, 4) is 11.5 Å². The van der Waals surface area contributed by atoms with E-state index in [1.165, 1.54) is 7.11 Å². The second-order valence-corrected chi connectivity index (χ2v) is 5.75. The van der Waals surface area contributed by atoms with E-state index in [1.807, 2.05) is 18.2 Å². The summed E-state index contributed by atoms with van der Waals surface area (Å²) in [6, 6.07) is 5.63. The van der Waals surface area contributed by atoms with Crippen LogP contribution in [-0.4, -0.2) is 32.3 Å². The molecule has 0 bridgehead atoms. The van der Waals surface area contributed by atoms with Crippen LogP contribution in [0.15, 0.2) is 18.2 Å². The molecule has 5 heteroatoms. The van der Waals surface area contributed by atoms with E-state index in [0.717, 1.165) is 17.1 Å². The number of ether oxygens (including phenoxy) is 3. The molecule has 0 atom stereocenters. The molecule has 1 aromatic carbocycles. The van der Waals surface area contributed by atoms with E-state index in [2.05, 4.69) is 30.8 Å². The van der Waals surface area contributed by atoms with Crippen LogP contribution in [0.2, 0.25) is 0 Å². The van der Waals surface area contributed by atoms with Gasteiger partial charge in [-0.15, -0.1) is 0 Å². The average molecular weight is 295 g/mol. The van der Waals surface area contributed by atoms with Crippen LogP contribution < -0.4 is 14.8 Å². The molecule has 0 radical (unpaired) electrons. The quantitative estimate of drug-likeness (QED) is 0.783. The summed E-state index contributed by atoms with van der Waals surface area (Å²) in [6.07, 6.45) is 0.231. The zero-order valence-corrected chi connectivity index (χ0v) is 13.5. The summed E-state index contributed by atoms with van der Waals surface area (Å²) in [5, 5.41) is 3.41. The number of hydrogen-bond donors (Lipinski definition) is 1. The van der Waals surface area contributed by atoms with E-state index in [1.54, 1.807) is 7.11 Å². The highest BCUT2D eigenvalue weighted by Crippen LogP contribution is 2.25. The molecule has 0 unspecified atom stereocenters. The second-order valence-electron chi connectivity index (χ2n) is 5.75. The van der Waals surface area contributed by atoms with Gasteiger partial charge in [0.15, 0.2) is 0 Å². The third-order valence-electron chi connectivity index (χ3n) is 2.87. The van der Waals surface area contributed by atoms with Crippen LogP contribution in [0.4, 0.5) is 0 Å². The van der Waals surface area contributed by atoms with Crippen LogP contribution in [0, 0.1) is 0 Å². The van der Waals surface area contributed by atoms with Crippen LogP contribution in [0.25, 0.3) is 0 Å². The Kier molecular flexibility index (Phi) is 6.49. The molecule has 0 saturated heterocycles. The summed E-state index contributed by atoms with van der Waals surface area (Å²) in [4.78, 5) is 11.1. The van der Waals surface area contributed by atoms with Gasteiger partial charge in [-0.25, -0.2) is 0 Å². The monoisotopic (exact) mass is 295 g/mol. The number of methoxy groups -OCH3 is 2.